The molecule has 1 aromatic carbocycles. The molecular formula is C21H16F4N6O2. The van der Waals surface area contributed by atoms with E-state index in [-0.39, 0.29) is 29.4 Å². The van der Waals surface area contributed by atoms with Gasteiger partial charge >= 0.3 is 6.18 Å². The van der Waals surface area contributed by atoms with Gasteiger partial charge in [-0.05, 0) is 18.2 Å². The highest BCUT2D eigenvalue weighted by molar-refractivity contribution is 6.10. The first kappa shape index (κ1) is 20.9. The van der Waals surface area contributed by atoms with Gasteiger partial charge in [-0.2, -0.15) is 18.3 Å². The fourth-order valence-corrected chi connectivity index (χ4v) is 4.02. The molecule has 33 heavy (non-hydrogen) atoms. The van der Waals surface area contributed by atoms with E-state index in [1.807, 2.05) is 0 Å². The number of hydrogen-bond donors (Lipinski definition) is 1. The highest BCUT2D eigenvalue weighted by Crippen LogP contribution is 2.38. The Bertz CT molecular complexity index is 1450. The van der Waals surface area contributed by atoms with Crippen molar-refractivity contribution in [1.82, 2.24) is 24.6 Å². The Morgan fingerprint density at radius 1 is 1.24 bits per heavy atom. The number of anilines is 1. The van der Waals surface area contributed by atoms with Crippen LogP contribution >= 0.6 is 0 Å². The summed E-state index contributed by atoms with van der Waals surface area (Å²) in [5, 5.41) is 5.20. The van der Waals surface area contributed by atoms with Gasteiger partial charge in [0.25, 0.3) is 5.91 Å². The first-order valence-electron chi connectivity index (χ1n) is 9.74. The number of benzene rings is 1. The predicted octanol–water partition coefficient (Wildman–Crippen LogP) is 3.46. The van der Waals surface area contributed by atoms with Gasteiger partial charge in [-0.3, -0.25) is 9.48 Å². The van der Waals surface area contributed by atoms with Gasteiger partial charge in [0.2, 0.25) is 5.88 Å². The van der Waals surface area contributed by atoms with Crippen molar-refractivity contribution in [2.24, 2.45) is 7.05 Å². The molecule has 0 saturated heterocycles. The molecule has 0 aliphatic carbocycles. The van der Waals surface area contributed by atoms with Crippen molar-refractivity contribution in [1.29, 1.82) is 0 Å². The molecule has 8 nitrogen and oxygen atoms in total. The van der Waals surface area contributed by atoms with Crippen molar-refractivity contribution in [3.05, 3.63) is 53.1 Å². The van der Waals surface area contributed by atoms with Crippen LogP contribution in [0.2, 0.25) is 0 Å². The zero-order chi connectivity index (χ0) is 23.7. The average molecular weight is 460 g/mol. The third-order valence-corrected chi connectivity index (χ3v) is 5.73. The highest BCUT2D eigenvalue weighted by Gasteiger charge is 2.37. The molecule has 5 rings (SSSR count). The fourth-order valence-electron chi connectivity index (χ4n) is 4.02. The monoisotopic (exact) mass is 460 g/mol. The van der Waals surface area contributed by atoms with Crippen molar-refractivity contribution in [2.75, 3.05) is 19.4 Å². The predicted molar refractivity (Wildman–Crippen MR) is 110 cm³/mol. The van der Waals surface area contributed by atoms with Gasteiger partial charge in [-0.15, -0.1) is 0 Å². The third-order valence-electron chi connectivity index (χ3n) is 5.73. The van der Waals surface area contributed by atoms with Crippen molar-refractivity contribution < 1.29 is 27.1 Å². The maximum absolute atomic E-state index is 14.9. The lowest BCUT2D eigenvalue weighted by Gasteiger charge is -2.24. The summed E-state index contributed by atoms with van der Waals surface area (Å²) >= 11 is 0. The number of rotatable bonds is 2. The molecule has 4 heterocycles. The van der Waals surface area contributed by atoms with Crippen LogP contribution in [0.1, 0.15) is 27.7 Å². The zero-order valence-corrected chi connectivity index (χ0v) is 17.3. The minimum atomic E-state index is -4.62. The molecule has 3 aromatic heterocycles. The number of nitrogens with two attached hydrogens (primary N) is 1. The first-order chi connectivity index (χ1) is 15.6. The standard InChI is InChI=1S/C21H16F4N6O2/c1-30(15-8-33-19-9(15)3-4-16(29-19)21(23,24)25)20(32)10-5-11-14(6-13(10)22)28-18(26)12-7-27-31(2)17(11)12/h3-7,15H,8H2,1-2H3,(H2,26,28). The third kappa shape index (κ3) is 3.20. The van der Waals surface area contributed by atoms with E-state index in [4.69, 9.17) is 10.5 Å². The first-order valence-corrected chi connectivity index (χ1v) is 9.74. The number of carbonyl (C=O) groups excluding carboxylic acids is 1. The molecule has 1 aliphatic heterocycles. The maximum atomic E-state index is 14.9. The molecule has 170 valence electrons. The van der Waals surface area contributed by atoms with Crippen LogP contribution in [-0.4, -0.2) is 44.2 Å². The number of amides is 1. The van der Waals surface area contributed by atoms with Crippen molar-refractivity contribution in [3.8, 4) is 5.88 Å². The molecule has 0 radical (unpaired) electrons. The van der Waals surface area contributed by atoms with Crippen LogP contribution in [0.15, 0.2) is 30.5 Å². The molecule has 1 atom stereocenters. The summed E-state index contributed by atoms with van der Waals surface area (Å²) in [6, 6.07) is 3.80. The molecule has 1 aliphatic rings. The van der Waals surface area contributed by atoms with E-state index in [1.54, 1.807) is 11.7 Å². The second-order valence-electron chi connectivity index (χ2n) is 7.71. The fraction of sp³-hybridized carbons (Fsp3) is 0.238. The summed E-state index contributed by atoms with van der Waals surface area (Å²) in [5.41, 5.74) is 5.78. The maximum Gasteiger partial charge on any atom is 0.433 e. The number of aromatic nitrogens is 4. The van der Waals surface area contributed by atoms with Crippen LogP contribution in [0.25, 0.3) is 21.8 Å². The van der Waals surface area contributed by atoms with Gasteiger partial charge in [-0.1, -0.05) is 0 Å². The second-order valence-corrected chi connectivity index (χ2v) is 7.71. The van der Waals surface area contributed by atoms with Gasteiger partial charge < -0.3 is 15.4 Å². The number of likely N-dealkylation sites (N-methyl/N-ethyl adjacent to an activating group) is 1. The minimum absolute atomic E-state index is 0.106. The lowest BCUT2D eigenvalue weighted by atomic mass is 10.0. The van der Waals surface area contributed by atoms with E-state index in [2.05, 4.69) is 15.1 Å². The summed E-state index contributed by atoms with van der Waals surface area (Å²) in [5.74, 6) is -1.50. The Labute approximate surface area is 183 Å². The normalized spacial score (nSPS) is 15.6. The summed E-state index contributed by atoms with van der Waals surface area (Å²) < 4.78 is 60.6. The van der Waals surface area contributed by atoms with Crippen LogP contribution in [0.3, 0.4) is 0 Å². The van der Waals surface area contributed by atoms with Crippen LogP contribution in [0.4, 0.5) is 23.4 Å². The van der Waals surface area contributed by atoms with Crippen LogP contribution in [-0.2, 0) is 13.2 Å². The van der Waals surface area contributed by atoms with Crippen molar-refractivity contribution in [2.45, 2.75) is 12.2 Å². The van der Waals surface area contributed by atoms with E-state index >= 15 is 0 Å². The topological polar surface area (TPSA) is 99.2 Å². The quantitative estimate of drug-likeness (QED) is 0.460. The number of hydrogen-bond acceptors (Lipinski definition) is 6. The molecule has 0 fully saturated rings. The number of alkyl halides is 3. The number of aryl methyl sites for hydroxylation is 1. The molecule has 4 aromatic rings. The Morgan fingerprint density at radius 3 is 2.73 bits per heavy atom. The molecule has 2 N–H and O–H groups in total. The Hall–Kier alpha value is -3.96. The second kappa shape index (κ2) is 7.02. The van der Waals surface area contributed by atoms with E-state index in [1.165, 1.54) is 30.3 Å². The Morgan fingerprint density at radius 2 is 2.00 bits per heavy atom. The highest BCUT2D eigenvalue weighted by atomic mass is 19.4. The van der Waals surface area contributed by atoms with Crippen molar-refractivity contribution in [3.63, 3.8) is 0 Å². The average Bonchev–Trinajstić information content (AvgIpc) is 3.36. The van der Waals surface area contributed by atoms with Gasteiger partial charge in [-0.25, -0.2) is 14.4 Å². The molecule has 1 amide bonds. The molecule has 0 saturated carbocycles. The lowest BCUT2D eigenvalue weighted by molar-refractivity contribution is -0.141. The summed E-state index contributed by atoms with van der Waals surface area (Å²) in [6.45, 7) is -0.106. The van der Waals surface area contributed by atoms with E-state index in [9.17, 15) is 22.4 Å². The van der Waals surface area contributed by atoms with E-state index < -0.39 is 29.6 Å². The van der Waals surface area contributed by atoms with E-state index in [0.717, 1.165) is 12.1 Å². The molecule has 0 bridgehead atoms. The smallest absolute Gasteiger partial charge is 0.433 e. The molecular weight excluding hydrogens is 444 g/mol. The van der Waals surface area contributed by atoms with Gasteiger partial charge in [0, 0.05) is 31.1 Å². The van der Waals surface area contributed by atoms with E-state index in [0.29, 0.717) is 21.9 Å². The Kier molecular flexibility index (Phi) is 4.45. The minimum Gasteiger partial charge on any atom is -0.475 e. The van der Waals surface area contributed by atoms with Crippen molar-refractivity contribution >= 4 is 33.5 Å². The van der Waals surface area contributed by atoms with Crippen LogP contribution in [0.5, 0.6) is 5.88 Å². The molecule has 1 unspecified atom stereocenters. The number of ether oxygens (including phenoxy) is 1. The summed E-state index contributed by atoms with van der Waals surface area (Å²) in [4.78, 5) is 22.1. The van der Waals surface area contributed by atoms with Gasteiger partial charge in [0.05, 0.1) is 34.2 Å². The number of nitrogen functional groups attached to an aromatic ring is 1. The van der Waals surface area contributed by atoms with Gasteiger partial charge in [0.1, 0.15) is 23.9 Å². The van der Waals surface area contributed by atoms with Crippen LogP contribution < -0.4 is 10.5 Å². The largest absolute Gasteiger partial charge is 0.475 e. The summed E-state index contributed by atoms with van der Waals surface area (Å²) in [7, 11) is 3.11. The van der Waals surface area contributed by atoms with Crippen LogP contribution in [0, 0.1) is 5.82 Å². The number of fused-ring (bicyclic) bond motifs is 4. The van der Waals surface area contributed by atoms with Gasteiger partial charge in [0.15, 0.2) is 0 Å². The molecule has 12 heteroatoms. The zero-order valence-electron chi connectivity index (χ0n) is 17.3. The lowest BCUT2D eigenvalue weighted by Crippen LogP contribution is -2.32. The number of pyridine rings is 2. The number of nitrogens with zero attached hydrogens (tertiary/aromatic N) is 5. The summed E-state index contributed by atoms with van der Waals surface area (Å²) in [6.07, 6.45) is -3.09. The number of carbonyl (C=O) groups is 1. The number of halogens is 4. The molecule has 0 spiro atoms. The Balaban J connectivity index is 1.55. The SMILES string of the molecule is CN(C(=O)c1cc2c(cc1F)nc(N)c1cnn(C)c12)C1COc2nc(C(F)(F)F)ccc21.